The molecule has 0 unspecified atom stereocenters. The number of nitrogens with zero attached hydrogens (tertiary/aromatic N) is 1. The average Bonchev–Trinajstić information content (AvgIpc) is 2.69. The van der Waals surface area contributed by atoms with Crippen LogP contribution in [0.5, 0.6) is 0 Å². The number of hydrogen-bond acceptors (Lipinski definition) is 2. The number of carbonyl (C=O) groups excluding carboxylic acids is 2. The third-order valence-corrected chi connectivity index (χ3v) is 4.80. The van der Waals surface area contributed by atoms with Crippen molar-refractivity contribution in [3.05, 3.63) is 71.5 Å². The predicted molar refractivity (Wildman–Crippen MR) is 97.7 cm³/mol. The highest BCUT2D eigenvalue weighted by atomic mass is 19.1. The van der Waals surface area contributed by atoms with E-state index in [0.717, 1.165) is 11.1 Å². The van der Waals surface area contributed by atoms with E-state index in [2.05, 4.69) is 5.32 Å². The summed E-state index contributed by atoms with van der Waals surface area (Å²) >= 11 is 0. The summed E-state index contributed by atoms with van der Waals surface area (Å²) in [6, 6.07) is 15.8. The highest BCUT2D eigenvalue weighted by Gasteiger charge is 2.27. The highest BCUT2D eigenvalue weighted by molar-refractivity contribution is 5.81. The van der Waals surface area contributed by atoms with Gasteiger partial charge in [-0.2, -0.15) is 0 Å². The lowest BCUT2D eigenvalue weighted by Gasteiger charge is -2.31. The highest BCUT2D eigenvalue weighted by Crippen LogP contribution is 2.18. The van der Waals surface area contributed by atoms with Gasteiger partial charge in [0.05, 0.1) is 6.42 Å². The summed E-state index contributed by atoms with van der Waals surface area (Å²) < 4.78 is 12.9. The van der Waals surface area contributed by atoms with Gasteiger partial charge in [0.25, 0.3) is 0 Å². The molecule has 1 N–H and O–H groups in total. The zero-order chi connectivity index (χ0) is 18.4. The lowest BCUT2D eigenvalue weighted by atomic mass is 9.95. The Balaban J connectivity index is 1.43. The molecule has 4 nitrogen and oxygen atoms in total. The second-order valence-electron chi connectivity index (χ2n) is 6.66. The van der Waals surface area contributed by atoms with Gasteiger partial charge >= 0.3 is 0 Å². The van der Waals surface area contributed by atoms with Gasteiger partial charge < -0.3 is 10.2 Å². The first-order valence-corrected chi connectivity index (χ1v) is 8.95. The van der Waals surface area contributed by atoms with Crippen molar-refractivity contribution in [2.45, 2.75) is 25.8 Å². The van der Waals surface area contributed by atoms with Crippen LogP contribution in [0.4, 0.5) is 4.39 Å². The molecule has 2 aromatic carbocycles. The molecule has 2 aromatic rings. The first-order chi connectivity index (χ1) is 12.6. The van der Waals surface area contributed by atoms with Crippen molar-refractivity contribution >= 4 is 11.8 Å². The first kappa shape index (κ1) is 18.1. The Morgan fingerprint density at radius 2 is 1.62 bits per heavy atom. The van der Waals surface area contributed by atoms with Crippen molar-refractivity contribution in [1.29, 1.82) is 0 Å². The summed E-state index contributed by atoms with van der Waals surface area (Å²) in [7, 11) is 0. The second-order valence-corrected chi connectivity index (χ2v) is 6.66. The van der Waals surface area contributed by atoms with Gasteiger partial charge in [0.1, 0.15) is 5.82 Å². The lowest BCUT2D eigenvalue weighted by molar-refractivity contribution is -0.135. The van der Waals surface area contributed by atoms with E-state index in [1.165, 1.54) is 12.1 Å². The topological polar surface area (TPSA) is 49.4 Å². The molecule has 0 saturated carbocycles. The molecule has 3 rings (SSSR count). The van der Waals surface area contributed by atoms with Crippen LogP contribution in [0.3, 0.4) is 0 Å². The van der Waals surface area contributed by atoms with Crippen molar-refractivity contribution < 1.29 is 14.0 Å². The molecule has 0 spiro atoms. The van der Waals surface area contributed by atoms with E-state index in [1.54, 1.807) is 17.0 Å². The monoisotopic (exact) mass is 354 g/mol. The number of rotatable bonds is 5. The maximum Gasteiger partial charge on any atom is 0.226 e. The van der Waals surface area contributed by atoms with Crippen LogP contribution in [0.1, 0.15) is 24.0 Å². The number of amides is 2. The third kappa shape index (κ3) is 4.91. The van der Waals surface area contributed by atoms with E-state index in [0.29, 0.717) is 32.5 Å². The van der Waals surface area contributed by atoms with E-state index in [1.807, 2.05) is 30.3 Å². The first-order valence-electron chi connectivity index (χ1n) is 8.95. The fraction of sp³-hybridized carbons (Fsp3) is 0.333. The molecule has 1 aliphatic rings. The quantitative estimate of drug-likeness (QED) is 0.898. The summed E-state index contributed by atoms with van der Waals surface area (Å²) in [5.74, 6) is -0.267. The maximum atomic E-state index is 12.9. The Morgan fingerprint density at radius 1 is 0.962 bits per heavy atom. The maximum absolute atomic E-state index is 12.9. The van der Waals surface area contributed by atoms with Crippen LogP contribution in [0.2, 0.25) is 0 Å². The molecule has 0 atom stereocenters. The molecule has 5 heteroatoms. The third-order valence-electron chi connectivity index (χ3n) is 4.80. The molecule has 1 fully saturated rings. The van der Waals surface area contributed by atoms with E-state index in [9.17, 15) is 14.0 Å². The zero-order valence-electron chi connectivity index (χ0n) is 14.7. The minimum Gasteiger partial charge on any atom is -0.352 e. The summed E-state index contributed by atoms with van der Waals surface area (Å²) in [4.78, 5) is 26.5. The van der Waals surface area contributed by atoms with Gasteiger partial charge in [0, 0.05) is 25.6 Å². The minimum absolute atomic E-state index is 0.0275. The molecular weight excluding hydrogens is 331 g/mol. The van der Waals surface area contributed by atoms with Gasteiger partial charge in [-0.1, -0.05) is 42.5 Å². The minimum atomic E-state index is -0.302. The molecule has 0 radical (unpaired) electrons. The van der Waals surface area contributed by atoms with Crippen LogP contribution in [0.25, 0.3) is 0 Å². The van der Waals surface area contributed by atoms with Crippen LogP contribution in [-0.2, 0) is 22.6 Å². The van der Waals surface area contributed by atoms with Gasteiger partial charge in [-0.05, 0) is 36.1 Å². The predicted octanol–water partition coefficient (Wildman–Crippen LogP) is 2.92. The standard InChI is InChI=1S/C21H23FN2O2/c22-19-8-6-16(7-9-19)14-20(25)24-12-10-18(11-13-24)21(26)23-15-17-4-2-1-3-5-17/h1-9,18H,10-15H2,(H,23,26). The Morgan fingerprint density at radius 3 is 2.27 bits per heavy atom. The van der Waals surface area contributed by atoms with Gasteiger partial charge in [-0.25, -0.2) is 4.39 Å². The van der Waals surface area contributed by atoms with Crippen molar-refractivity contribution in [1.82, 2.24) is 10.2 Å². The van der Waals surface area contributed by atoms with Crippen LogP contribution >= 0.6 is 0 Å². The molecule has 0 aromatic heterocycles. The lowest BCUT2D eigenvalue weighted by Crippen LogP contribution is -2.43. The van der Waals surface area contributed by atoms with E-state index >= 15 is 0 Å². The van der Waals surface area contributed by atoms with Gasteiger partial charge in [0.15, 0.2) is 0 Å². The Hall–Kier alpha value is -2.69. The van der Waals surface area contributed by atoms with Gasteiger partial charge in [-0.15, -0.1) is 0 Å². The Bertz CT molecular complexity index is 738. The molecule has 0 bridgehead atoms. The van der Waals surface area contributed by atoms with Crippen molar-refractivity contribution in [2.75, 3.05) is 13.1 Å². The fourth-order valence-electron chi connectivity index (χ4n) is 3.21. The number of likely N-dealkylation sites (tertiary alicyclic amines) is 1. The van der Waals surface area contributed by atoms with E-state index in [4.69, 9.17) is 0 Å². The number of carbonyl (C=O) groups is 2. The number of benzene rings is 2. The van der Waals surface area contributed by atoms with Crippen LogP contribution < -0.4 is 5.32 Å². The van der Waals surface area contributed by atoms with Crippen molar-refractivity contribution in [2.24, 2.45) is 5.92 Å². The molecule has 2 amide bonds. The summed E-state index contributed by atoms with van der Waals surface area (Å²) in [6.45, 7) is 1.70. The summed E-state index contributed by atoms with van der Waals surface area (Å²) in [6.07, 6.45) is 1.62. The number of halogens is 1. The van der Waals surface area contributed by atoms with Gasteiger partial charge in [0.2, 0.25) is 11.8 Å². The van der Waals surface area contributed by atoms with Crippen molar-refractivity contribution in [3.8, 4) is 0 Å². The summed E-state index contributed by atoms with van der Waals surface area (Å²) in [5, 5.41) is 2.98. The van der Waals surface area contributed by atoms with Crippen LogP contribution in [-0.4, -0.2) is 29.8 Å². The molecule has 1 aliphatic heterocycles. The average molecular weight is 354 g/mol. The van der Waals surface area contributed by atoms with Crippen molar-refractivity contribution in [3.63, 3.8) is 0 Å². The smallest absolute Gasteiger partial charge is 0.226 e. The van der Waals surface area contributed by atoms with E-state index < -0.39 is 0 Å². The zero-order valence-corrected chi connectivity index (χ0v) is 14.7. The largest absolute Gasteiger partial charge is 0.352 e. The molecule has 136 valence electrons. The Kier molecular flexibility index (Phi) is 6.00. The number of piperidine rings is 1. The molecule has 0 aliphatic carbocycles. The SMILES string of the molecule is O=C(NCc1ccccc1)C1CCN(C(=O)Cc2ccc(F)cc2)CC1. The van der Waals surface area contributed by atoms with Crippen LogP contribution in [0, 0.1) is 11.7 Å². The second kappa shape index (κ2) is 8.61. The van der Waals surface area contributed by atoms with Crippen LogP contribution in [0.15, 0.2) is 54.6 Å². The van der Waals surface area contributed by atoms with E-state index in [-0.39, 0.29) is 30.0 Å². The Labute approximate surface area is 153 Å². The molecule has 26 heavy (non-hydrogen) atoms. The fourth-order valence-corrected chi connectivity index (χ4v) is 3.21. The summed E-state index contributed by atoms with van der Waals surface area (Å²) in [5.41, 5.74) is 1.88. The molecular formula is C21H23FN2O2. The number of hydrogen-bond donors (Lipinski definition) is 1. The number of nitrogens with one attached hydrogen (secondary N) is 1. The molecule has 1 saturated heterocycles. The molecule has 1 heterocycles. The normalized spacial score (nSPS) is 14.9. The van der Waals surface area contributed by atoms with Gasteiger partial charge in [-0.3, -0.25) is 9.59 Å².